The molecule has 4 heterocycles. The van der Waals surface area contributed by atoms with Crippen LogP contribution in [-0.2, 0) is 6.42 Å². The number of anilines is 3. The Morgan fingerprint density at radius 3 is 2.31 bits per heavy atom. The molecule has 0 atom stereocenters. The third-order valence-corrected chi connectivity index (χ3v) is 6.63. The largest absolute Gasteiger partial charge is 0.325 e. The molecule has 0 saturated carbocycles. The van der Waals surface area contributed by atoms with Gasteiger partial charge in [-0.15, -0.1) is 0 Å². The summed E-state index contributed by atoms with van der Waals surface area (Å²) in [6.07, 6.45) is 3.98. The van der Waals surface area contributed by atoms with E-state index in [2.05, 4.69) is 54.3 Å². The predicted molar refractivity (Wildman–Crippen MR) is 152 cm³/mol. The van der Waals surface area contributed by atoms with Gasteiger partial charge in [-0.3, -0.25) is 4.90 Å². The zero-order valence-electron chi connectivity index (χ0n) is 22.5. The third kappa shape index (κ3) is 6.91. The van der Waals surface area contributed by atoms with E-state index in [9.17, 15) is 4.79 Å². The number of nitrogens with one attached hydrogen (secondary N) is 2. The van der Waals surface area contributed by atoms with Crippen LogP contribution in [0, 0.1) is 6.92 Å². The lowest BCUT2D eigenvalue weighted by molar-refractivity contribution is 0.125. The number of rotatable bonds is 7. The summed E-state index contributed by atoms with van der Waals surface area (Å²) < 4.78 is 0. The summed E-state index contributed by atoms with van der Waals surface area (Å²) in [7, 11) is 0. The van der Waals surface area contributed by atoms with Gasteiger partial charge in [0.25, 0.3) is 0 Å². The van der Waals surface area contributed by atoms with Gasteiger partial charge in [-0.2, -0.15) is 0 Å². The number of aromatic nitrogens is 5. The highest BCUT2D eigenvalue weighted by Gasteiger charge is 2.22. The Kier molecular flexibility index (Phi) is 8.02. The van der Waals surface area contributed by atoms with Crippen molar-refractivity contribution >= 4 is 23.4 Å². The molecular formula is C29H33N9O. The minimum absolute atomic E-state index is 0.0562. The van der Waals surface area contributed by atoms with Crippen LogP contribution in [-0.4, -0.2) is 73.0 Å². The van der Waals surface area contributed by atoms with Crippen molar-refractivity contribution in [2.24, 2.45) is 0 Å². The Labute approximate surface area is 228 Å². The summed E-state index contributed by atoms with van der Waals surface area (Å²) >= 11 is 0. The van der Waals surface area contributed by atoms with Crippen LogP contribution >= 0.6 is 0 Å². The maximum atomic E-state index is 12.7. The first-order chi connectivity index (χ1) is 18.9. The monoisotopic (exact) mass is 523 g/mol. The molecule has 1 saturated heterocycles. The predicted octanol–water partition coefficient (Wildman–Crippen LogP) is 4.53. The summed E-state index contributed by atoms with van der Waals surface area (Å²) in [6, 6.07) is 17.6. The summed E-state index contributed by atoms with van der Waals surface area (Å²) in [5, 5.41) is 6.25. The molecule has 0 unspecified atom stereocenters. The topological polar surface area (TPSA) is 112 Å². The van der Waals surface area contributed by atoms with Crippen LogP contribution in [0.5, 0.6) is 0 Å². The number of hydrogen-bond acceptors (Lipinski definition) is 8. The SMILES string of the molecule is Cc1cccc(-c2nccc(Nc3ccnc(Cc4ccc(NC(=O)N5CCN(C(C)C)CC5)cc4)n3)n2)n1. The summed E-state index contributed by atoms with van der Waals surface area (Å²) in [5.41, 5.74) is 3.44. The minimum Gasteiger partial charge on any atom is -0.325 e. The third-order valence-electron chi connectivity index (χ3n) is 6.63. The Balaban J connectivity index is 1.18. The molecule has 0 aliphatic carbocycles. The number of pyridine rings is 1. The average molecular weight is 524 g/mol. The molecule has 200 valence electrons. The van der Waals surface area contributed by atoms with Crippen molar-refractivity contribution in [3.63, 3.8) is 0 Å². The van der Waals surface area contributed by atoms with E-state index < -0.39 is 0 Å². The van der Waals surface area contributed by atoms with E-state index in [0.717, 1.165) is 48.8 Å². The molecule has 1 fully saturated rings. The fraction of sp³-hybridized carbons (Fsp3) is 0.310. The van der Waals surface area contributed by atoms with Crippen LogP contribution in [0.3, 0.4) is 0 Å². The fourth-order valence-electron chi connectivity index (χ4n) is 4.44. The Morgan fingerprint density at radius 1 is 0.872 bits per heavy atom. The lowest BCUT2D eigenvalue weighted by Crippen LogP contribution is -2.51. The van der Waals surface area contributed by atoms with Crippen molar-refractivity contribution in [3.8, 4) is 11.5 Å². The van der Waals surface area contributed by atoms with Gasteiger partial charge in [0.2, 0.25) is 0 Å². The second-order valence-corrected chi connectivity index (χ2v) is 9.83. The van der Waals surface area contributed by atoms with E-state index in [4.69, 9.17) is 0 Å². The highest BCUT2D eigenvalue weighted by molar-refractivity contribution is 5.89. The number of aryl methyl sites for hydroxylation is 1. The lowest BCUT2D eigenvalue weighted by atomic mass is 10.1. The molecule has 2 amide bonds. The van der Waals surface area contributed by atoms with E-state index in [-0.39, 0.29) is 6.03 Å². The molecule has 0 radical (unpaired) electrons. The number of carbonyl (C=O) groups excluding carboxylic acids is 1. The van der Waals surface area contributed by atoms with Crippen LogP contribution < -0.4 is 10.6 Å². The quantitative estimate of drug-likeness (QED) is 0.363. The highest BCUT2D eigenvalue weighted by atomic mass is 16.2. The van der Waals surface area contributed by atoms with Crippen molar-refractivity contribution in [2.45, 2.75) is 33.2 Å². The second-order valence-electron chi connectivity index (χ2n) is 9.83. The molecule has 4 aromatic rings. The van der Waals surface area contributed by atoms with E-state index in [1.165, 1.54) is 0 Å². The van der Waals surface area contributed by atoms with Crippen LogP contribution in [0.4, 0.5) is 22.1 Å². The summed E-state index contributed by atoms with van der Waals surface area (Å²) in [4.78, 5) is 39.5. The van der Waals surface area contributed by atoms with Gasteiger partial charge in [0.05, 0.1) is 0 Å². The van der Waals surface area contributed by atoms with Crippen molar-refractivity contribution < 1.29 is 4.79 Å². The average Bonchev–Trinajstić information content (AvgIpc) is 2.94. The van der Waals surface area contributed by atoms with Gasteiger partial charge in [0.15, 0.2) is 5.82 Å². The molecule has 1 aliphatic rings. The number of hydrogen-bond donors (Lipinski definition) is 2. The zero-order valence-corrected chi connectivity index (χ0v) is 22.5. The van der Waals surface area contributed by atoms with Crippen LogP contribution in [0.25, 0.3) is 11.5 Å². The zero-order chi connectivity index (χ0) is 27.2. The minimum atomic E-state index is -0.0562. The van der Waals surface area contributed by atoms with Crippen molar-refractivity contribution in [1.82, 2.24) is 34.7 Å². The van der Waals surface area contributed by atoms with Crippen LogP contribution in [0.15, 0.2) is 67.0 Å². The molecule has 39 heavy (non-hydrogen) atoms. The number of nitrogens with zero attached hydrogens (tertiary/aromatic N) is 7. The lowest BCUT2D eigenvalue weighted by Gasteiger charge is -2.36. The normalized spacial score (nSPS) is 13.9. The number of urea groups is 1. The maximum absolute atomic E-state index is 12.7. The Morgan fingerprint density at radius 2 is 1.59 bits per heavy atom. The molecule has 10 nitrogen and oxygen atoms in total. The first-order valence-electron chi connectivity index (χ1n) is 13.2. The Bertz CT molecular complexity index is 1420. The molecule has 2 N–H and O–H groups in total. The van der Waals surface area contributed by atoms with Gasteiger partial charge in [0.1, 0.15) is 23.2 Å². The van der Waals surface area contributed by atoms with Gasteiger partial charge < -0.3 is 15.5 Å². The van der Waals surface area contributed by atoms with Gasteiger partial charge >= 0.3 is 6.03 Å². The molecule has 0 bridgehead atoms. The van der Waals surface area contributed by atoms with E-state index in [1.54, 1.807) is 24.5 Å². The molecule has 10 heteroatoms. The smallest absolute Gasteiger partial charge is 0.321 e. The van der Waals surface area contributed by atoms with Gasteiger partial charge in [-0.05, 0) is 62.7 Å². The molecular weight excluding hydrogens is 490 g/mol. The van der Waals surface area contributed by atoms with Crippen molar-refractivity contribution in [1.29, 1.82) is 0 Å². The first-order valence-corrected chi connectivity index (χ1v) is 13.2. The van der Waals surface area contributed by atoms with Gasteiger partial charge in [-0.25, -0.2) is 29.7 Å². The fourth-order valence-corrected chi connectivity index (χ4v) is 4.44. The molecule has 5 rings (SSSR count). The van der Waals surface area contributed by atoms with Crippen molar-refractivity contribution in [3.05, 3.63) is 84.1 Å². The molecule has 1 aromatic carbocycles. The molecule has 1 aliphatic heterocycles. The van der Waals surface area contributed by atoms with Crippen LogP contribution in [0.1, 0.15) is 30.9 Å². The van der Waals surface area contributed by atoms with Gasteiger partial charge in [0, 0.05) is 62.4 Å². The van der Waals surface area contributed by atoms with E-state index in [1.807, 2.05) is 54.3 Å². The standard InChI is InChI=1S/C29H33N9O/c1-20(2)37-15-17-38(18-16-37)29(39)33-23-9-7-22(8-10-23)19-27-30-13-11-25(35-27)34-26-12-14-31-28(36-26)24-6-4-5-21(3)32-24/h4-14,20H,15-19H2,1-3H3,(H,33,39)(H,30,31,34,35,36). The van der Waals surface area contributed by atoms with Crippen molar-refractivity contribution in [2.75, 3.05) is 36.8 Å². The first kappa shape index (κ1) is 26.2. The van der Waals surface area contributed by atoms with E-state index >= 15 is 0 Å². The molecule has 0 spiro atoms. The van der Waals surface area contributed by atoms with E-state index in [0.29, 0.717) is 35.7 Å². The Hall–Kier alpha value is -4.44. The maximum Gasteiger partial charge on any atom is 0.321 e. The molecule has 3 aromatic heterocycles. The number of piperazine rings is 1. The van der Waals surface area contributed by atoms with Gasteiger partial charge in [-0.1, -0.05) is 18.2 Å². The highest BCUT2D eigenvalue weighted by Crippen LogP contribution is 2.18. The summed E-state index contributed by atoms with van der Waals surface area (Å²) in [6.45, 7) is 9.60. The number of benzene rings is 1. The second kappa shape index (κ2) is 12.0. The van der Waals surface area contributed by atoms with Crippen LogP contribution in [0.2, 0.25) is 0 Å². The number of carbonyl (C=O) groups is 1. The summed E-state index contributed by atoms with van der Waals surface area (Å²) in [5.74, 6) is 2.49. The number of amides is 2.